The van der Waals surface area contributed by atoms with Gasteiger partial charge in [0.2, 0.25) is 5.91 Å². The number of hydrogen-bond acceptors (Lipinski definition) is 6. The quantitative estimate of drug-likeness (QED) is 0.328. The second kappa shape index (κ2) is 9.80. The van der Waals surface area contributed by atoms with E-state index in [9.17, 15) is 4.79 Å². The Kier molecular flexibility index (Phi) is 6.85. The van der Waals surface area contributed by atoms with Gasteiger partial charge in [-0.3, -0.25) is 9.36 Å². The summed E-state index contributed by atoms with van der Waals surface area (Å²) in [4.78, 5) is 14.1. The Bertz CT molecular complexity index is 1260. The summed E-state index contributed by atoms with van der Waals surface area (Å²) in [6, 6.07) is 15.9. The second-order valence-electron chi connectivity index (χ2n) is 7.81. The molecular formula is C25H26N4O2S2. The van der Waals surface area contributed by atoms with Crippen LogP contribution < -0.4 is 10.1 Å². The molecule has 8 heteroatoms. The third kappa shape index (κ3) is 4.82. The van der Waals surface area contributed by atoms with Crippen molar-refractivity contribution in [2.75, 3.05) is 12.4 Å². The van der Waals surface area contributed by atoms with Crippen molar-refractivity contribution in [3.63, 3.8) is 0 Å². The molecule has 0 spiro atoms. The van der Waals surface area contributed by atoms with Gasteiger partial charge in [0, 0.05) is 5.69 Å². The molecule has 2 heterocycles. The molecule has 2 aromatic heterocycles. The Balaban J connectivity index is 1.66. The molecule has 0 unspecified atom stereocenters. The Hall–Kier alpha value is -3.10. The average Bonchev–Trinajstić information content (AvgIpc) is 3.46. The van der Waals surface area contributed by atoms with Gasteiger partial charge in [-0.1, -0.05) is 47.7 Å². The minimum Gasteiger partial charge on any atom is -0.495 e. The van der Waals surface area contributed by atoms with Crippen molar-refractivity contribution < 1.29 is 9.53 Å². The van der Waals surface area contributed by atoms with Crippen LogP contribution >= 0.6 is 23.1 Å². The van der Waals surface area contributed by atoms with Gasteiger partial charge in [-0.05, 0) is 62.4 Å². The van der Waals surface area contributed by atoms with Crippen LogP contribution in [0.15, 0.2) is 59.1 Å². The number of carbonyl (C=O) groups is 1. The largest absolute Gasteiger partial charge is 0.495 e. The molecule has 1 atom stereocenters. The topological polar surface area (TPSA) is 69.0 Å². The summed E-state index contributed by atoms with van der Waals surface area (Å²) in [5.74, 6) is 1.34. The normalized spacial score (nSPS) is 11.9. The lowest BCUT2D eigenvalue weighted by Gasteiger charge is -2.17. The van der Waals surface area contributed by atoms with Crippen molar-refractivity contribution in [3.05, 3.63) is 70.6 Å². The second-order valence-corrected chi connectivity index (χ2v) is 10.1. The van der Waals surface area contributed by atoms with Crippen LogP contribution in [-0.4, -0.2) is 33.0 Å². The highest BCUT2D eigenvalue weighted by Gasteiger charge is 2.24. The molecule has 2 aromatic carbocycles. The van der Waals surface area contributed by atoms with Gasteiger partial charge >= 0.3 is 0 Å². The number of para-hydroxylation sites is 2. The summed E-state index contributed by atoms with van der Waals surface area (Å²) in [7, 11) is 1.64. The molecule has 0 fully saturated rings. The number of thiophene rings is 1. The van der Waals surface area contributed by atoms with E-state index in [1.807, 2.05) is 67.1 Å². The standard InChI is InChI=1S/C25H26N4O2S2/c1-15-13-16(2)22(17(3)14-15)26-24(30)18(4)33-25-28-27-23(21-11-8-12-32-21)29(25)19-9-6-7-10-20(19)31-5/h6-14,18H,1-5H3,(H,26,30)/t18-/m1/s1. The van der Waals surface area contributed by atoms with Gasteiger partial charge < -0.3 is 10.1 Å². The van der Waals surface area contributed by atoms with Gasteiger partial charge in [-0.25, -0.2) is 0 Å². The fourth-order valence-electron chi connectivity index (χ4n) is 3.76. The van der Waals surface area contributed by atoms with Crippen molar-refractivity contribution in [1.82, 2.24) is 14.8 Å². The number of carbonyl (C=O) groups excluding carboxylic acids is 1. The lowest BCUT2D eigenvalue weighted by Crippen LogP contribution is -2.24. The van der Waals surface area contributed by atoms with Crippen molar-refractivity contribution in [3.8, 4) is 22.1 Å². The number of nitrogens with zero attached hydrogens (tertiary/aromatic N) is 3. The van der Waals surface area contributed by atoms with Crippen LogP contribution in [0.2, 0.25) is 0 Å². The van der Waals surface area contributed by atoms with Crippen LogP contribution in [0.4, 0.5) is 5.69 Å². The zero-order valence-electron chi connectivity index (χ0n) is 19.2. The molecule has 0 radical (unpaired) electrons. The van der Waals surface area contributed by atoms with Crippen molar-refractivity contribution >= 4 is 34.7 Å². The Morgan fingerprint density at radius 1 is 1.09 bits per heavy atom. The molecule has 4 aromatic rings. The van der Waals surface area contributed by atoms with E-state index < -0.39 is 0 Å². The fraction of sp³-hybridized carbons (Fsp3) is 0.240. The molecule has 0 bridgehead atoms. The lowest BCUT2D eigenvalue weighted by molar-refractivity contribution is -0.115. The first kappa shape index (κ1) is 23.1. The van der Waals surface area contributed by atoms with Crippen LogP contribution in [0.3, 0.4) is 0 Å². The van der Waals surface area contributed by atoms with E-state index in [2.05, 4.69) is 34.6 Å². The third-order valence-corrected chi connectivity index (χ3v) is 7.19. The van der Waals surface area contributed by atoms with E-state index in [0.717, 1.165) is 33.2 Å². The van der Waals surface area contributed by atoms with Crippen LogP contribution in [0.1, 0.15) is 23.6 Å². The van der Waals surface area contributed by atoms with Crippen molar-refractivity contribution in [2.24, 2.45) is 0 Å². The first-order valence-electron chi connectivity index (χ1n) is 10.6. The Morgan fingerprint density at radius 2 is 1.82 bits per heavy atom. The van der Waals surface area contributed by atoms with Crippen molar-refractivity contribution in [2.45, 2.75) is 38.1 Å². The van der Waals surface area contributed by atoms with E-state index >= 15 is 0 Å². The Labute approximate surface area is 202 Å². The van der Waals surface area contributed by atoms with Crippen LogP contribution in [-0.2, 0) is 4.79 Å². The highest BCUT2D eigenvalue weighted by atomic mass is 32.2. The number of hydrogen-bond donors (Lipinski definition) is 1. The van der Waals surface area contributed by atoms with E-state index in [0.29, 0.717) is 10.9 Å². The van der Waals surface area contributed by atoms with Gasteiger partial charge in [-0.2, -0.15) is 0 Å². The number of aromatic nitrogens is 3. The van der Waals surface area contributed by atoms with Gasteiger partial charge in [0.05, 0.1) is 22.9 Å². The maximum atomic E-state index is 13.1. The maximum absolute atomic E-state index is 13.1. The van der Waals surface area contributed by atoms with E-state index in [4.69, 9.17) is 4.74 Å². The van der Waals surface area contributed by atoms with Crippen LogP contribution in [0.25, 0.3) is 16.4 Å². The molecule has 0 aliphatic carbocycles. The summed E-state index contributed by atoms with van der Waals surface area (Å²) in [6.45, 7) is 7.96. The number of anilines is 1. The molecule has 6 nitrogen and oxygen atoms in total. The predicted molar refractivity (Wildman–Crippen MR) is 136 cm³/mol. The summed E-state index contributed by atoms with van der Waals surface area (Å²) in [6.07, 6.45) is 0. The molecule has 0 saturated carbocycles. The number of rotatable bonds is 7. The van der Waals surface area contributed by atoms with Crippen molar-refractivity contribution in [1.29, 1.82) is 0 Å². The molecule has 170 valence electrons. The zero-order valence-corrected chi connectivity index (χ0v) is 20.9. The number of aryl methyl sites for hydroxylation is 3. The summed E-state index contributed by atoms with van der Waals surface area (Å²) in [5.41, 5.74) is 4.97. The van der Waals surface area contributed by atoms with E-state index in [1.54, 1.807) is 18.4 Å². The summed E-state index contributed by atoms with van der Waals surface area (Å²) in [5, 5.41) is 14.3. The molecule has 0 saturated heterocycles. The summed E-state index contributed by atoms with van der Waals surface area (Å²) >= 11 is 2.96. The molecule has 0 aliphatic rings. The monoisotopic (exact) mass is 478 g/mol. The highest BCUT2D eigenvalue weighted by Crippen LogP contribution is 2.35. The van der Waals surface area contributed by atoms with Gasteiger partial charge in [0.15, 0.2) is 11.0 Å². The zero-order chi connectivity index (χ0) is 23.5. The van der Waals surface area contributed by atoms with Gasteiger partial charge in [0.25, 0.3) is 0 Å². The fourth-order valence-corrected chi connectivity index (χ4v) is 5.32. The minimum absolute atomic E-state index is 0.0812. The minimum atomic E-state index is -0.390. The maximum Gasteiger partial charge on any atom is 0.237 e. The number of nitrogens with one attached hydrogen (secondary N) is 1. The lowest BCUT2D eigenvalue weighted by atomic mass is 10.1. The molecule has 1 amide bonds. The van der Waals surface area contributed by atoms with Gasteiger partial charge in [0.1, 0.15) is 5.75 Å². The SMILES string of the molecule is COc1ccccc1-n1c(S[C@H](C)C(=O)Nc2c(C)cc(C)cc2C)nnc1-c1cccs1. The Morgan fingerprint density at radius 3 is 2.48 bits per heavy atom. The van der Waals surface area contributed by atoms with Gasteiger partial charge in [-0.15, -0.1) is 21.5 Å². The number of amides is 1. The molecule has 33 heavy (non-hydrogen) atoms. The first-order chi connectivity index (χ1) is 15.9. The summed E-state index contributed by atoms with van der Waals surface area (Å²) < 4.78 is 7.56. The number of methoxy groups -OCH3 is 1. The molecular weight excluding hydrogens is 452 g/mol. The number of ether oxygens (including phenoxy) is 1. The number of benzene rings is 2. The third-order valence-electron chi connectivity index (χ3n) is 5.28. The van der Waals surface area contributed by atoms with E-state index in [1.165, 1.54) is 17.3 Å². The predicted octanol–water partition coefficient (Wildman–Crippen LogP) is 6.05. The average molecular weight is 479 g/mol. The number of thioether (sulfide) groups is 1. The first-order valence-corrected chi connectivity index (χ1v) is 12.3. The van der Waals surface area contributed by atoms with E-state index in [-0.39, 0.29) is 11.2 Å². The molecule has 1 N–H and O–H groups in total. The highest BCUT2D eigenvalue weighted by molar-refractivity contribution is 8.00. The van der Waals surface area contributed by atoms with Crippen LogP contribution in [0.5, 0.6) is 5.75 Å². The molecule has 0 aliphatic heterocycles. The smallest absolute Gasteiger partial charge is 0.237 e. The molecule has 4 rings (SSSR count). The van der Waals surface area contributed by atoms with Crippen LogP contribution in [0, 0.1) is 20.8 Å².